The Bertz CT molecular complexity index is 3520. The lowest BCUT2D eigenvalue weighted by Crippen LogP contribution is -2.23. The Kier molecular flexibility index (Phi) is 8.99. The molecule has 0 fully saturated rings. The molecule has 318 valence electrons. The van der Waals surface area contributed by atoms with Crippen LogP contribution in [0.15, 0.2) is 237 Å². The minimum atomic E-state index is -0.120. The highest BCUT2D eigenvalue weighted by molar-refractivity contribution is 5.91. The topological polar surface area (TPSA) is 3.24 Å². The van der Waals surface area contributed by atoms with Crippen LogP contribution in [0.1, 0.15) is 53.6 Å². The molecule has 0 saturated heterocycles. The molecule has 1 spiro atoms. The van der Waals surface area contributed by atoms with E-state index in [0.29, 0.717) is 0 Å². The molecule has 0 heterocycles. The van der Waals surface area contributed by atoms with E-state index >= 15 is 0 Å². The summed E-state index contributed by atoms with van der Waals surface area (Å²) >= 11 is 0. The van der Waals surface area contributed by atoms with Gasteiger partial charge in [0.05, 0.1) is 5.69 Å². The molecular formula is C66H49N. The second-order valence-electron chi connectivity index (χ2n) is 19.2. The number of hydrogen-bond donors (Lipinski definition) is 0. The predicted octanol–water partition coefficient (Wildman–Crippen LogP) is 17.4. The second-order valence-corrected chi connectivity index (χ2v) is 19.2. The lowest BCUT2D eigenvalue weighted by molar-refractivity contribution is 0.626. The number of hydrogen-bond acceptors (Lipinski definition) is 1. The van der Waals surface area contributed by atoms with E-state index in [2.05, 4.69) is 255 Å². The monoisotopic (exact) mass is 855 g/mol. The SMILES string of the molecule is CC1(C)c2ccccc2-c2ccc(-c3ccc(N(c4ccc(-c5ccc6c(c5)C5(CCc7ccccc75)c5ccccc5-6)cc4)c4ccccc4-c4ccc(-c5ccccc5)cc4)cc3)cc21. The van der Waals surface area contributed by atoms with Crippen molar-refractivity contribution in [2.75, 3.05) is 4.90 Å². The predicted molar refractivity (Wildman–Crippen MR) is 281 cm³/mol. The lowest BCUT2D eigenvalue weighted by Gasteiger charge is -2.29. The molecule has 13 rings (SSSR count). The number of fused-ring (bicyclic) bond motifs is 10. The standard InChI is InChI=1S/C66H49N/c1-65(2)60-21-11-7-18-55(60)57-38-32-50(42-62(57)65)46-28-34-52(35-29-46)67(64-23-13-9-17-54(64)48-26-24-45(25-27-48)44-14-4-3-5-15-44)53-36-30-47(31-37-53)51-33-39-58-56-19-8-12-22-61(56)66(63(58)43-51)41-40-49-16-6-10-20-59(49)66/h3-39,42-43H,40-41H2,1-2H3. The quantitative estimate of drug-likeness (QED) is 0.154. The Morgan fingerprint density at radius 1 is 0.313 bits per heavy atom. The van der Waals surface area contributed by atoms with Crippen molar-refractivity contribution in [3.63, 3.8) is 0 Å². The van der Waals surface area contributed by atoms with Crippen LogP contribution >= 0.6 is 0 Å². The van der Waals surface area contributed by atoms with E-state index < -0.39 is 0 Å². The molecule has 0 radical (unpaired) electrons. The molecule has 1 heteroatoms. The Morgan fingerprint density at radius 3 is 1.42 bits per heavy atom. The fraction of sp³-hybridized carbons (Fsp3) is 0.0909. The fourth-order valence-electron chi connectivity index (χ4n) is 12.0. The molecule has 10 aromatic rings. The van der Waals surface area contributed by atoms with Gasteiger partial charge < -0.3 is 4.90 Å². The number of para-hydroxylation sites is 1. The molecule has 1 unspecified atom stereocenters. The van der Waals surface area contributed by atoms with Crippen LogP contribution in [0.25, 0.3) is 66.8 Å². The van der Waals surface area contributed by atoms with Crippen LogP contribution in [0.3, 0.4) is 0 Å². The number of rotatable bonds is 7. The van der Waals surface area contributed by atoms with Gasteiger partial charge in [0.2, 0.25) is 0 Å². The highest BCUT2D eigenvalue weighted by Gasteiger charge is 2.48. The first-order valence-corrected chi connectivity index (χ1v) is 23.8. The average Bonchev–Trinajstić information content (AvgIpc) is 4.00. The zero-order chi connectivity index (χ0) is 44.7. The van der Waals surface area contributed by atoms with Crippen LogP contribution in [0.5, 0.6) is 0 Å². The van der Waals surface area contributed by atoms with Crippen LogP contribution in [-0.4, -0.2) is 0 Å². The Morgan fingerprint density at radius 2 is 0.746 bits per heavy atom. The smallest absolute Gasteiger partial charge is 0.0540 e. The molecule has 67 heavy (non-hydrogen) atoms. The summed E-state index contributed by atoms with van der Waals surface area (Å²) in [4.78, 5) is 2.43. The average molecular weight is 856 g/mol. The van der Waals surface area contributed by atoms with Crippen LogP contribution in [0, 0.1) is 0 Å². The third-order valence-corrected chi connectivity index (χ3v) is 15.4. The molecule has 0 N–H and O–H groups in total. The van der Waals surface area contributed by atoms with Crippen molar-refractivity contribution >= 4 is 17.1 Å². The third-order valence-electron chi connectivity index (χ3n) is 15.4. The maximum Gasteiger partial charge on any atom is 0.0540 e. The van der Waals surface area contributed by atoms with Crippen molar-refractivity contribution in [2.24, 2.45) is 0 Å². The Balaban J connectivity index is 0.897. The molecule has 3 aliphatic rings. The van der Waals surface area contributed by atoms with Gasteiger partial charge in [0.1, 0.15) is 0 Å². The molecule has 1 atom stereocenters. The minimum absolute atomic E-state index is 0.0536. The first kappa shape index (κ1) is 39.4. The highest BCUT2D eigenvalue weighted by Crippen LogP contribution is 2.59. The van der Waals surface area contributed by atoms with Crippen LogP contribution in [0.2, 0.25) is 0 Å². The molecule has 0 bridgehead atoms. The highest BCUT2D eigenvalue weighted by atomic mass is 15.1. The normalized spacial score (nSPS) is 15.7. The van der Waals surface area contributed by atoms with E-state index in [1.165, 1.54) is 100 Å². The summed E-state index contributed by atoms with van der Waals surface area (Å²) in [5.74, 6) is 0. The molecule has 10 aromatic carbocycles. The number of anilines is 3. The summed E-state index contributed by atoms with van der Waals surface area (Å²) in [6, 6.07) is 88.3. The molecule has 1 nitrogen and oxygen atoms in total. The van der Waals surface area contributed by atoms with Gasteiger partial charge >= 0.3 is 0 Å². The van der Waals surface area contributed by atoms with Crippen LogP contribution in [0.4, 0.5) is 17.1 Å². The summed E-state index contributed by atoms with van der Waals surface area (Å²) in [7, 11) is 0. The van der Waals surface area contributed by atoms with Gasteiger partial charge in [-0.3, -0.25) is 0 Å². The van der Waals surface area contributed by atoms with Gasteiger partial charge in [0, 0.05) is 27.8 Å². The van der Waals surface area contributed by atoms with Crippen molar-refractivity contribution < 1.29 is 0 Å². The van der Waals surface area contributed by atoms with Gasteiger partial charge in [-0.25, -0.2) is 0 Å². The fourth-order valence-corrected chi connectivity index (χ4v) is 12.0. The summed E-state index contributed by atoms with van der Waals surface area (Å²) in [5, 5.41) is 0. The van der Waals surface area contributed by atoms with Crippen molar-refractivity contribution in [3.8, 4) is 66.8 Å². The number of benzene rings is 10. The maximum atomic E-state index is 2.50. The molecule has 0 aromatic heterocycles. The number of aryl methyl sites for hydroxylation is 1. The zero-order valence-corrected chi connectivity index (χ0v) is 37.9. The minimum Gasteiger partial charge on any atom is -0.310 e. The zero-order valence-electron chi connectivity index (χ0n) is 37.9. The van der Waals surface area contributed by atoms with Crippen LogP contribution in [-0.2, 0) is 17.3 Å². The Labute approximate surface area is 394 Å². The molecule has 0 aliphatic heterocycles. The second kappa shape index (κ2) is 15.3. The van der Waals surface area contributed by atoms with E-state index in [1.54, 1.807) is 0 Å². The molecule has 3 aliphatic carbocycles. The van der Waals surface area contributed by atoms with E-state index in [1.807, 2.05) is 0 Å². The largest absolute Gasteiger partial charge is 0.310 e. The summed E-state index contributed by atoms with van der Waals surface area (Å²) in [6.45, 7) is 4.71. The van der Waals surface area contributed by atoms with Crippen molar-refractivity contribution in [3.05, 3.63) is 270 Å². The van der Waals surface area contributed by atoms with Gasteiger partial charge in [-0.05, 0) is 150 Å². The summed E-state index contributed by atoms with van der Waals surface area (Å²) in [5.41, 5.74) is 26.9. The van der Waals surface area contributed by atoms with Gasteiger partial charge in [-0.2, -0.15) is 0 Å². The summed E-state index contributed by atoms with van der Waals surface area (Å²) in [6.07, 6.45) is 2.19. The van der Waals surface area contributed by atoms with E-state index in [0.717, 1.165) is 29.9 Å². The first-order valence-electron chi connectivity index (χ1n) is 23.8. The maximum absolute atomic E-state index is 2.50. The van der Waals surface area contributed by atoms with E-state index in [4.69, 9.17) is 0 Å². The van der Waals surface area contributed by atoms with E-state index in [-0.39, 0.29) is 10.8 Å². The Hall–Kier alpha value is -8.00. The molecule has 0 saturated carbocycles. The van der Waals surface area contributed by atoms with Crippen molar-refractivity contribution in [1.82, 2.24) is 0 Å². The summed E-state index contributed by atoms with van der Waals surface area (Å²) < 4.78 is 0. The van der Waals surface area contributed by atoms with Gasteiger partial charge in [-0.1, -0.05) is 208 Å². The molecular weight excluding hydrogens is 807 g/mol. The van der Waals surface area contributed by atoms with Crippen LogP contribution < -0.4 is 4.90 Å². The molecule has 0 amide bonds. The van der Waals surface area contributed by atoms with Gasteiger partial charge in [0.25, 0.3) is 0 Å². The third kappa shape index (κ3) is 6.15. The van der Waals surface area contributed by atoms with Gasteiger partial charge in [-0.15, -0.1) is 0 Å². The first-order chi connectivity index (χ1) is 33.0. The lowest BCUT2D eigenvalue weighted by atomic mass is 9.73. The van der Waals surface area contributed by atoms with Gasteiger partial charge in [0.15, 0.2) is 0 Å². The van der Waals surface area contributed by atoms with Crippen molar-refractivity contribution in [2.45, 2.75) is 37.5 Å². The van der Waals surface area contributed by atoms with Crippen molar-refractivity contribution in [1.29, 1.82) is 0 Å². The van der Waals surface area contributed by atoms with E-state index in [9.17, 15) is 0 Å². The number of nitrogens with zero attached hydrogens (tertiary/aromatic N) is 1.